The molecule has 1 aliphatic rings. The third-order valence-corrected chi connectivity index (χ3v) is 4.03. The highest BCUT2D eigenvalue weighted by Gasteiger charge is 2.33. The molecule has 7 heteroatoms. The van der Waals surface area contributed by atoms with Gasteiger partial charge in [-0.1, -0.05) is 6.07 Å². The summed E-state index contributed by atoms with van der Waals surface area (Å²) >= 11 is 0. The highest BCUT2D eigenvalue weighted by Crippen LogP contribution is 2.14. The molecule has 0 spiro atoms. The lowest BCUT2D eigenvalue weighted by atomic mass is 10.1. The third-order valence-electron chi connectivity index (χ3n) is 4.03. The van der Waals surface area contributed by atoms with Gasteiger partial charge >= 0.3 is 0 Å². The van der Waals surface area contributed by atoms with E-state index in [2.05, 4.69) is 20.3 Å². The number of hydrogen-bond acceptors (Lipinski definition) is 4. The Hall–Kier alpha value is -3.22. The van der Waals surface area contributed by atoms with Gasteiger partial charge in [0.15, 0.2) is 0 Å². The quantitative estimate of drug-likeness (QED) is 0.758. The number of carbonyl (C=O) groups is 2. The molecule has 120 valence electrons. The van der Waals surface area contributed by atoms with Gasteiger partial charge in [0, 0.05) is 30.9 Å². The summed E-state index contributed by atoms with van der Waals surface area (Å²) in [6, 6.07) is 10.6. The summed E-state index contributed by atoms with van der Waals surface area (Å²) < 4.78 is 0. The van der Waals surface area contributed by atoms with E-state index in [1.807, 2.05) is 12.1 Å². The molecule has 3 aromatic rings. The Morgan fingerprint density at radius 3 is 2.79 bits per heavy atom. The molecule has 24 heavy (non-hydrogen) atoms. The fraction of sp³-hybridized carbons (Fsp3) is 0.176. The Labute approximate surface area is 137 Å². The van der Waals surface area contributed by atoms with E-state index in [1.165, 1.54) is 0 Å². The van der Waals surface area contributed by atoms with Crippen LogP contribution >= 0.6 is 0 Å². The summed E-state index contributed by atoms with van der Waals surface area (Å²) in [5, 5.41) is 3.86. The molecule has 4 rings (SSSR count). The van der Waals surface area contributed by atoms with Gasteiger partial charge in [-0.05, 0) is 30.3 Å². The van der Waals surface area contributed by atoms with Gasteiger partial charge in [0.25, 0.3) is 11.8 Å². The number of amides is 2. The standard InChI is InChI=1S/C17H15N5O2/c23-16(13-5-4-11-6-8-19-15(11)21-13)20-12-9-22(10-12)17(24)14-3-1-2-7-18-14/h1-8,12H,9-10H2,(H,19,21)(H,20,23). The van der Waals surface area contributed by atoms with Crippen molar-refractivity contribution in [2.75, 3.05) is 13.1 Å². The Morgan fingerprint density at radius 1 is 1.12 bits per heavy atom. The topological polar surface area (TPSA) is 91.0 Å². The van der Waals surface area contributed by atoms with Crippen molar-refractivity contribution in [2.45, 2.75) is 6.04 Å². The number of nitrogens with zero attached hydrogens (tertiary/aromatic N) is 3. The van der Waals surface area contributed by atoms with Crippen LogP contribution in [0.2, 0.25) is 0 Å². The molecule has 2 amide bonds. The molecule has 1 fully saturated rings. The Balaban J connectivity index is 1.36. The average molecular weight is 321 g/mol. The molecule has 0 aliphatic carbocycles. The molecule has 0 saturated carbocycles. The van der Waals surface area contributed by atoms with E-state index < -0.39 is 0 Å². The van der Waals surface area contributed by atoms with Crippen LogP contribution in [0, 0.1) is 0 Å². The fourth-order valence-electron chi connectivity index (χ4n) is 2.70. The van der Waals surface area contributed by atoms with E-state index >= 15 is 0 Å². The molecule has 1 saturated heterocycles. The number of aromatic nitrogens is 3. The lowest BCUT2D eigenvalue weighted by molar-refractivity contribution is 0.0536. The largest absolute Gasteiger partial charge is 0.346 e. The van der Waals surface area contributed by atoms with Crippen LogP contribution in [0.1, 0.15) is 21.0 Å². The second kappa shape index (κ2) is 5.77. The number of nitrogens with one attached hydrogen (secondary N) is 2. The molecule has 2 N–H and O–H groups in total. The van der Waals surface area contributed by atoms with E-state index in [-0.39, 0.29) is 17.9 Å². The first-order valence-electron chi connectivity index (χ1n) is 7.66. The molecule has 7 nitrogen and oxygen atoms in total. The second-order valence-electron chi connectivity index (χ2n) is 5.71. The van der Waals surface area contributed by atoms with E-state index in [9.17, 15) is 9.59 Å². The summed E-state index contributed by atoms with van der Waals surface area (Å²) in [5.74, 6) is -0.353. The van der Waals surface area contributed by atoms with E-state index in [4.69, 9.17) is 0 Å². The van der Waals surface area contributed by atoms with Crippen LogP contribution in [0.25, 0.3) is 11.0 Å². The van der Waals surface area contributed by atoms with E-state index in [0.717, 1.165) is 5.39 Å². The second-order valence-corrected chi connectivity index (χ2v) is 5.71. The first-order valence-corrected chi connectivity index (χ1v) is 7.66. The van der Waals surface area contributed by atoms with Gasteiger partial charge in [-0.3, -0.25) is 14.6 Å². The summed E-state index contributed by atoms with van der Waals surface area (Å²) in [4.78, 5) is 37.4. The highest BCUT2D eigenvalue weighted by molar-refractivity contribution is 5.95. The molecule has 0 radical (unpaired) electrons. The lowest BCUT2D eigenvalue weighted by Crippen LogP contribution is -2.61. The van der Waals surface area contributed by atoms with Crippen LogP contribution in [-0.2, 0) is 0 Å². The number of hydrogen-bond donors (Lipinski definition) is 2. The number of carbonyl (C=O) groups excluding carboxylic acids is 2. The van der Waals surface area contributed by atoms with E-state index in [0.29, 0.717) is 30.1 Å². The molecular weight excluding hydrogens is 306 g/mol. The normalized spacial score (nSPS) is 14.4. The van der Waals surface area contributed by atoms with Crippen molar-refractivity contribution in [1.29, 1.82) is 0 Å². The number of aromatic amines is 1. The van der Waals surface area contributed by atoms with Gasteiger partial charge in [-0.15, -0.1) is 0 Å². The van der Waals surface area contributed by atoms with Crippen LogP contribution in [0.5, 0.6) is 0 Å². The highest BCUT2D eigenvalue weighted by atomic mass is 16.2. The molecule has 0 atom stereocenters. The zero-order chi connectivity index (χ0) is 16.5. The Morgan fingerprint density at radius 2 is 2.00 bits per heavy atom. The van der Waals surface area contributed by atoms with Crippen LogP contribution < -0.4 is 5.32 Å². The van der Waals surface area contributed by atoms with Crippen LogP contribution in [0.3, 0.4) is 0 Å². The van der Waals surface area contributed by atoms with Crippen LogP contribution in [0.15, 0.2) is 48.8 Å². The molecule has 0 unspecified atom stereocenters. The van der Waals surface area contributed by atoms with Crippen molar-refractivity contribution in [2.24, 2.45) is 0 Å². The molecule has 4 heterocycles. The number of rotatable bonds is 3. The van der Waals surface area contributed by atoms with Crippen LogP contribution in [-0.4, -0.2) is 50.8 Å². The molecule has 0 aromatic carbocycles. The minimum atomic E-state index is -0.235. The van der Waals surface area contributed by atoms with Crippen molar-refractivity contribution in [3.05, 3.63) is 60.2 Å². The predicted octanol–water partition coefficient (Wildman–Crippen LogP) is 1.21. The van der Waals surface area contributed by atoms with Crippen molar-refractivity contribution in [3.8, 4) is 0 Å². The van der Waals surface area contributed by atoms with Gasteiger partial charge in [-0.2, -0.15) is 0 Å². The number of likely N-dealkylation sites (tertiary alicyclic amines) is 1. The summed E-state index contributed by atoms with van der Waals surface area (Å²) in [5.41, 5.74) is 1.46. The fourth-order valence-corrected chi connectivity index (χ4v) is 2.70. The first-order chi connectivity index (χ1) is 11.7. The summed E-state index contributed by atoms with van der Waals surface area (Å²) in [6.45, 7) is 0.956. The van der Waals surface area contributed by atoms with Gasteiger partial charge in [-0.25, -0.2) is 4.98 Å². The third kappa shape index (κ3) is 2.60. The van der Waals surface area contributed by atoms with Crippen LogP contribution in [0.4, 0.5) is 0 Å². The molecule has 1 aliphatic heterocycles. The maximum atomic E-state index is 12.3. The molecular formula is C17H15N5O2. The smallest absolute Gasteiger partial charge is 0.272 e. The Kier molecular flexibility index (Phi) is 3.45. The first kappa shape index (κ1) is 14.4. The van der Waals surface area contributed by atoms with Gasteiger partial charge in [0.2, 0.25) is 0 Å². The summed E-state index contributed by atoms with van der Waals surface area (Å²) in [7, 11) is 0. The summed E-state index contributed by atoms with van der Waals surface area (Å²) in [6.07, 6.45) is 3.38. The van der Waals surface area contributed by atoms with Gasteiger partial charge in [0.05, 0.1) is 6.04 Å². The SMILES string of the molecule is O=C(NC1CN(C(=O)c2ccccn2)C1)c1ccc2cc[nH]c2n1. The van der Waals surface area contributed by atoms with Crippen molar-refractivity contribution >= 4 is 22.8 Å². The van der Waals surface area contributed by atoms with Crippen molar-refractivity contribution < 1.29 is 9.59 Å². The minimum absolute atomic E-state index is 0.0636. The van der Waals surface area contributed by atoms with Gasteiger partial charge in [0.1, 0.15) is 17.0 Å². The zero-order valence-electron chi connectivity index (χ0n) is 12.8. The van der Waals surface area contributed by atoms with Crippen molar-refractivity contribution in [3.63, 3.8) is 0 Å². The van der Waals surface area contributed by atoms with E-state index in [1.54, 1.807) is 41.6 Å². The minimum Gasteiger partial charge on any atom is -0.346 e. The predicted molar refractivity (Wildman–Crippen MR) is 87.5 cm³/mol. The number of H-pyrrole nitrogens is 1. The monoisotopic (exact) mass is 321 g/mol. The van der Waals surface area contributed by atoms with Crippen molar-refractivity contribution in [1.82, 2.24) is 25.2 Å². The zero-order valence-corrected chi connectivity index (χ0v) is 12.8. The maximum absolute atomic E-state index is 12.3. The number of fused-ring (bicyclic) bond motifs is 1. The molecule has 3 aromatic heterocycles. The lowest BCUT2D eigenvalue weighted by Gasteiger charge is -2.39. The Bertz CT molecular complexity index is 899. The van der Waals surface area contributed by atoms with Gasteiger partial charge < -0.3 is 15.2 Å². The number of pyridine rings is 2. The molecule has 0 bridgehead atoms. The average Bonchev–Trinajstić information content (AvgIpc) is 3.05. The maximum Gasteiger partial charge on any atom is 0.272 e.